The number of aryl methyl sites for hydroxylation is 1. The lowest BCUT2D eigenvalue weighted by molar-refractivity contribution is -0.123. The van der Waals surface area contributed by atoms with Crippen molar-refractivity contribution in [1.82, 2.24) is 24.8 Å². The van der Waals surface area contributed by atoms with Crippen LogP contribution < -0.4 is 5.56 Å². The number of nitrogens with zero attached hydrogens (tertiary/aromatic N) is 5. The van der Waals surface area contributed by atoms with Gasteiger partial charge in [-0.1, -0.05) is 19.1 Å². The topological polar surface area (TPSA) is 82.7 Å². The minimum Gasteiger partial charge on any atom is -0.297 e. The molecule has 0 aliphatic carbocycles. The van der Waals surface area contributed by atoms with Crippen molar-refractivity contribution in [2.24, 2.45) is 13.0 Å². The molecule has 0 saturated heterocycles. The SMILES string of the molecule is CCC(C)C(=O)Cn1nnc2c(cnn2C)c1=O. The summed E-state index contributed by atoms with van der Waals surface area (Å²) < 4.78 is 2.57. The Labute approximate surface area is 103 Å². The van der Waals surface area contributed by atoms with Crippen LogP contribution in [0.25, 0.3) is 11.0 Å². The summed E-state index contributed by atoms with van der Waals surface area (Å²) in [5, 5.41) is 12.0. The molecular weight excluding hydrogens is 234 g/mol. The third-order valence-corrected chi connectivity index (χ3v) is 3.09. The fraction of sp³-hybridized carbons (Fsp3) is 0.545. The summed E-state index contributed by atoms with van der Waals surface area (Å²) >= 11 is 0. The highest BCUT2D eigenvalue weighted by Crippen LogP contribution is 2.05. The largest absolute Gasteiger partial charge is 0.297 e. The van der Waals surface area contributed by atoms with Crippen molar-refractivity contribution < 1.29 is 4.79 Å². The van der Waals surface area contributed by atoms with E-state index >= 15 is 0 Å². The van der Waals surface area contributed by atoms with E-state index in [9.17, 15) is 9.59 Å². The van der Waals surface area contributed by atoms with Gasteiger partial charge in [-0.2, -0.15) is 5.10 Å². The number of ketones is 1. The Kier molecular flexibility index (Phi) is 3.22. The zero-order valence-corrected chi connectivity index (χ0v) is 10.6. The van der Waals surface area contributed by atoms with Crippen molar-refractivity contribution in [1.29, 1.82) is 0 Å². The first kappa shape index (κ1) is 12.4. The molecule has 0 N–H and O–H groups in total. The third-order valence-electron chi connectivity index (χ3n) is 3.09. The lowest BCUT2D eigenvalue weighted by Crippen LogP contribution is -2.29. The number of Topliss-reactive ketones (excluding diaryl/α,β-unsaturated/α-hetero) is 1. The monoisotopic (exact) mass is 249 g/mol. The van der Waals surface area contributed by atoms with E-state index in [0.717, 1.165) is 11.1 Å². The van der Waals surface area contributed by atoms with E-state index in [-0.39, 0.29) is 23.8 Å². The van der Waals surface area contributed by atoms with Crippen LogP contribution in [0.4, 0.5) is 0 Å². The molecule has 0 aromatic carbocycles. The van der Waals surface area contributed by atoms with Gasteiger partial charge in [0.25, 0.3) is 5.56 Å². The van der Waals surface area contributed by atoms with Crippen LogP contribution in [-0.4, -0.2) is 30.6 Å². The number of aromatic nitrogens is 5. The van der Waals surface area contributed by atoms with E-state index in [2.05, 4.69) is 15.4 Å². The van der Waals surface area contributed by atoms with E-state index in [0.29, 0.717) is 11.0 Å². The average molecular weight is 249 g/mol. The highest BCUT2D eigenvalue weighted by atomic mass is 16.1. The summed E-state index contributed by atoms with van der Waals surface area (Å²) in [5.74, 6) is -0.0968. The first-order valence-electron chi connectivity index (χ1n) is 5.82. The fourth-order valence-corrected chi connectivity index (χ4v) is 1.61. The summed E-state index contributed by atoms with van der Waals surface area (Å²) in [6.07, 6.45) is 2.19. The molecule has 7 nitrogen and oxygen atoms in total. The van der Waals surface area contributed by atoms with Crippen LogP contribution in [0.3, 0.4) is 0 Å². The van der Waals surface area contributed by atoms with Gasteiger partial charge < -0.3 is 0 Å². The van der Waals surface area contributed by atoms with Crippen LogP contribution in [0.1, 0.15) is 20.3 Å². The second-order valence-electron chi connectivity index (χ2n) is 4.33. The summed E-state index contributed by atoms with van der Waals surface area (Å²) in [7, 11) is 1.69. The molecule has 0 saturated carbocycles. The van der Waals surface area contributed by atoms with Gasteiger partial charge in [-0.25, -0.2) is 9.36 Å². The lowest BCUT2D eigenvalue weighted by atomic mass is 10.0. The Hall–Kier alpha value is -2.05. The van der Waals surface area contributed by atoms with E-state index in [1.165, 1.54) is 10.9 Å². The molecule has 96 valence electrons. The standard InChI is InChI=1S/C11H15N5O2/c1-4-7(2)9(17)6-16-11(18)8-5-12-15(3)10(8)13-14-16/h5,7H,4,6H2,1-3H3. The minimum absolute atomic E-state index is 0.0165. The van der Waals surface area contributed by atoms with Crippen molar-refractivity contribution >= 4 is 16.8 Å². The first-order valence-corrected chi connectivity index (χ1v) is 5.82. The van der Waals surface area contributed by atoms with Crippen LogP contribution in [0.5, 0.6) is 0 Å². The van der Waals surface area contributed by atoms with Gasteiger partial charge in [0, 0.05) is 13.0 Å². The average Bonchev–Trinajstić information content (AvgIpc) is 2.74. The van der Waals surface area contributed by atoms with Crippen LogP contribution in [0, 0.1) is 5.92 Å². The molecule has 0 aliphatic heterocycles. The molecule has 1 unspecified atom stereocenters. The highest BCUT2D eigenvalue weighted by Gasteiger charge is 2.15. The number of hydrogen-bond acceptors (Lipinski definition) is 5. The lowest BCUT2D eigenvalue weighted by Gasteiger charge is -2.07. The molecule has 0 amide bonds. The van der Waals surface area contributed by atoms with Crippen LogP contribution in [0.2, 0.25) is 0 Å². The highest BCUT2D eigenvalue weighted by molar-refractivity contribution is 5.80. The fourth-order valence-electron chi connectivity index (χ4n) is 1.61. The number of rotatable bonds is 4. The van der Waals surface area contributed by atoms with Gasteiger partial charge in [0.15, 0.2) is 11.4 Å². The minimum atomic E-state index is -0.329. The molecule has 18 heavy (non-hydrogen) atoms. The molecule has 0 bridgehead atoms. The van der Waals surface area contributed by atoms with E-state index < -0.39 is 0 Å². The first-order chi connectivity index (χ1) is 8.54. The quantitative estimate of drug-likeness (QED) is 0.769. The third kappa shape index (κ3) is 2.03. The predicted molar refractivity (Wildman–Crippen MR) is 65.0 cm³/mol. The van der Waals surface area contributed by atoms with E-state index in [1.807, 2.05) is 13.8 Å². The molecule has 0 spiro atoms. The maximum Gasteiger partial charge on any atom is 0.281 e. The molecule has 2 aromatic heterocycles. The molecule has 2 aromatic rings. The van der Waals surface area contributed by atoms with Crippen LogP contribution in [-0.2, 0) is 18.4 Å². The van der Waals surface area contributed by atoms with E-state index in [4.69, 9.17) is 0 Å². The Bertz CT molecular complexity index is 642. The normalized spacial score (nSPS) is 12.8. The second-order valence-corrected chi connectivity index (χ2v) is 4.33. The molecule has 2 heterocycles. The van der Waals surface area contributed by atoms with Gasteiger partial charge in [-0.05, 0) is 6.42 Å². The van der Waals surface area contributed by atoms with Crippen LogP contribution >= 0.6 is 0 Å². The van der Waals surface area contributed by atoms with Gasteiger partial charge >= 0.3 is 0 Å². The van der Waals surface area contributed by atoms with Gasteiger partial charge in [0.1, 0.15) is 11.9 Å². The van der Waals surface area contributed by atoms with Gasteiger partial charge in [0.2, 0.25) is 0 Å². The molecule has 0 aliphatic rings. The van der Waals surface area contributed by atoms with Crippen molar-refractivity contribution in [3.8, 4) is 0 Å². The van der Waals surface area contributed by atoms with Gasteiger partial charge in [0.05, 0.1) is 6.20 Å². The Morgan fingerprint density at radius 2 is 2.22 bits per heavy atom. The van der Waals surface area contributed by atoms with Crippen LogP contribution in [0.15, 0.2) is 11.0 Å². The summed E-state index contributed by atoms with van der Waals surface area (Å²) in [6, 6.07) is 0. The van der Waals surface area contributed by atoms with Crippen molar-refractivity contribution in [2.75, 3.05) is 0 Å². The predicted octanol–water partition coefficient (Wildman–Crippen LogP) is 0.140. The molecular formula is C11H15N5O2. The second kappa shape index (κ2) is 4.67. The zero-order valence-electron chi connectivity index (χ0n) is 10.6. The number of fused-ring (bicyclic) bond motifs is 1. The molecule has 7 heteroatoms. The molecule has 0 fully saturated rings. The zero-order chi connectivity index (χ0) is 13.3. The number of carbonyl (C=O) groups is 1. The Morgan fingerprint density at radius 3 is 2.89 bits per heavy atom. The Morgan fingerprint density at radius 1 is 1.50 bits per heavy atom. The maximum atomic E-state index is 12.0. The number of carbonyl (C=O) groups excluding carboxylic acids is 1. The van der Waals surface area contributed by atoms with E-state index in [1.54, 1.807) is 7.05 Å². The number of hydrogen-bond donors (Lipinski definition) is 0. The smallest absolute Gasteiger partial charge is 0.281 e. The summed E-state index contributed by atoms with van der Waals surface area (Å²) in [4.78, 5) is 23.8. The van der Waals surface area contributed by atoms with Crippen molar-refractivity contribution in [3.63, 3.8) is 0 Å². The summed E-state index contributed by atoms with van der Waals surface area (Å²) in [6.45, 7) is 3.73. The molecule has 2 rings (SSSR count). The summed E-state index contributed by atoms with van der Waals surface area (Å²) in [5.41, 5.74) is 0.0944. The van der Waals surface area contributed by atoms with Crippen molar-refractivity contribution in [3.05, 3.63) is 16.6 Å². The maximum absolute atomic E-state index is 12.0. The van der Waals surface area contributed by atoms with Crippen molar-refractivity contribution in [2.45, 2.75) is 26.8 Å². The molecule has 0 radical (unpaired) electrons. The Balaban J connectivity index is 2.38. The van der Waals surface area contributed by atoms with Gasteiger partial charge in [-0.3, -0.25) is 9.59 Å². The molecule has 1 atom stereocenters. The van der Waals surface area contributed by atoms with Gasteiger partial charge in [-0.15, -0.1) is 5.10 Å².